The molecular formula is C21H24ClN3O2. The predicted octanol–water partition coefficient (Wildman–Crippen LogP) is 3.56. The molecule has 0 radical (unpaired) electrons. The first-order valence-electron chi connectivity index (χ1n) is 9.17. The van der Waals surface area contributed by atoms with Crippen LogP contribution in [0, 0.1) is 0 Å². The van der Waals surface area contributed by atoms with Crippen LogP contribution < -0.4 is 5.32 Å². The monoisotopic (exact) mass is 385 g/mol. The summed E-state index contributed by atoms with van der Waals surface area (Å²) >= 11 is 6.34. The number of amides is 1. The zero-order valence-corrected chi connectivity index (χ0v) is 16.1. The number of aliphatic hydroxyl groups excluding tert-OH is 1. The van der Waals surface area contributed by atoms with Crippen molar-refractivity contribution in [2.75, 3.05) is 6.54 Å². The minimum absolute atomic E-state index is 0.0512. The van der Waals surface area contributed by atoms with Crippen LogP contribution in [0.15, 0.2) is 48.5 Å². The summed E-state index contributed by atoms with van der Waals surface area (Å²) < 4.78 is 2.15. The molecule has 1 atom stereocenters. The lowest BCUT2D eigenvalue weighted by Gasteiger charge is -2.11. The number of carbonyl (C=O) groups excluding carboxylic acids is 1. The summed E-state index contributed by atoms with van der Waals surface area (Å²) in [4.78, 5) is 16.6. The Bertz CT molecular complexity index is 921. The quantitative estimate of drug-likeness (QED) is 0.623. The van der Waals surface area contributed by atoms with E-state index in [2.05, 4.69) is 9.88 Å². The minimum atomic E-state index is -0.462. The Morgan fingerprint density at radius 1 is 1.22 bits per heavy atom. The number of imidazole rings is 1. The molecule has 0 bridgehead atoms. The maximum absolute atomic E-state index is 11.9. The molecule has 3 rings (SSSR count). The SMILES string of the molecule is C[C@H](O)CCC(=O)NCCc1nc2ccccc2n1Cc1ccccc1Cl. The molecule has 1 amide bonds. The molecule has 0 fully saturated rings. The molecule has 27 heavy (non-hydrogen) atoms. The second-order valence-corrected chi connectivity index (χ2v) is 7.09. The fraction of sp³-hybridized carbons (Fsp3) is 0.333. The van der Waals surface area contributed by atoms with Crippen molar-refractivity contribution in [2.45, 2.75) is 38.8 Å². The number of aliphatic hydroxyl groups is 1. The average Bonchev–Trinajstić information content (AvgIpc) is 2.99. The van der Waals surface area contributed by atoms with Gasteiger partial charge in [0.2, 0.25) is 5.91 Å². The van der Waals surface area contributed by atoms with Crippen LogP contribution >= 0.6 is 11.6 Å². The molecule has 0 aliphatic carbocycles. The summed E-state index contributed by atoms with van der Waals surface area (Å²) in [6.45, 7) is 2.82. The van der Waals surface area contributed by atoms with Crippen molar-refractivity contribution in [3.63, 3.8) is 0 Å². The van der Waals surface area contributed by atoms with Crippen molar-refractivity contribution in [3.8, 4) is 0 Å². The molecule has 0 saturated heterocycles. The van der Waals surface area contributed by atoms with Gasteiger partial charge in [-0.15, -0.1) is 0 Å². The highest BCUT2D eigenvalue weighted by atomic mass is 35.5. The first-order chi connectivity index (χ1) is 13.0. The Morgan fingerprint density at radius 2 is 1.96 bits per heavy atom. The van der Waals surface area contributed by atoms with E-state index in [-0.39, 0.29) is 5.91 Å². The third-order valence-electron chi connectivity index (χ3n) is 4.48. The fourth-order valence-corrected chi connectivity index (χ4v) is 3.23. The first kappa shape index (κ1) is 19.4. The van der Waals surface area contributed by atoms with Gasteiger partial charge < -0.3 is 15.0 Å². The van der Waals surface area contributed by atoms with Gasteiger partial charge in [0.25, 0.3) is 0 Å². The number of nitrogens with one attached hydrogen (secondary N) is 1. The number of para-hydroxylation sites is 2. The Labute approximate surface area is 164 Å². The molecule has 2 N–H and O–H groups in total. The average molecular weight is 386 g/mol. The molecule has 0 spiro atoms. The van der Waals surface area contributed by atoms with Crippen LogP contribution in [0.2, 0.25) is 5.02 Å². The van der Waals surface area contributed by atoms with Crippen molar-refractivity contribution < 1.29 is 9.90 Å². The highest BCUT2D eigenvalue weighted by Crippen LogP contribution is 2.22. The van der Waals surface area contributed by atoms with Crippen LogP contribution in [0.3, 0.4) is 0 Å². The Hall–Kier alpha value is -2.37. The third-order valence-corrected chi connectivity index (χ3v) is 4.85. The smallest absolute Gasteiger partial charge is 0.220 e. The van der Waals surface area contributed by atoms with Crippen LogP contribution in [0.5, 0.6) is 0 Å². The van der Waals surface area contributed by atoms with Gasteiger partial charge in [-0.25, -0.2) is 4.98 Å². The number of benzene rings is 2. The second kappa shape index (κ2) is 9.02. The molecule has 0 saturated carbocycles. The molecule has 0 aliphatic rings. The van der Waals surface area contributed by atoms with E-state index in [9.17, 15) is 9.90 Å². The van der Waals surface area contributed by atoms with E-state index in [0.29, 0.717) is 32.4 Å². The van der Waals surface area contributed by atoms with Crippen molar-refractivity contribution in [1.82, 2.24) is 14.9 Å². The highest BCUT2D eigenvalue weighted by Gasteiger charge is 2.12. The van der Waals surface area contributed by atoms with Crippen molar-refractivity contribution in [2.24, 2.45) is 0 Å². The standard InChI is InChI=1S/C21H24ClN3O2/c1-15(26)10-11-21(27)23-13-12-20-24-18-8-4-5-9-19(18)25(20)14-16-6-2-3-7-17(16)22/h2-9,15,26H,10-14H2,1H3,(H,23,27)/t15-/m0/s1. The number of fused-ring (bicyclic) bond motifs is 1. The molecule has 0 aliphatic heterocycles. The van der Waals surface area contributed by atoms with Crippen LogP contribution in [0.25, 0.3) is 11.0 Å². The predicted molar refractivity (Wildman–Crippen MR) is 108 cm³/mol. The number of aromatic nitrogens is 2. The third kappa shape index (κ3) is 5.08. The molecule has 142 valence electrons. The molecule has 5 nitrogen and oxygen atoms in total. The van der Waals surface area contributed by atoms with E-state index >= 15 is 0 Å². The summed E-state index contributed by atoms with van der Waals surface area (Å²) in [5.41, 5.74) is 3.01. The van der Waals surface area contributed by atoms with E-state index in [0.717, 1.165) is 27.4 Å². The maximum Gasteiger partial charge on any atom is 0.220 e. The lowest BCUT2D eigenvalue weighted by Crippen LogP contribution is -2.27. The minimum Gasteiger partial charge on any atom is -0.393 e. The molecule has 1 heterocycles. The van der Waals surface area contributed by atoms with Gasteiger partial charge in [-0.05, 0) is 37.1 Å². The molecule has 2 aromatic carbocycles. The number of rotatable bonds is 8. The van der Waals surface area contributed by atoms with Gasteiger partial charge in [0.05, 0.1) is 23.7 Å². The molecule has 3 aromatic rings. The number of nitrogens with zero attached hydrogens (tertiary/aromatic N) is 2. The number of halogens is 1. The van der Waals surface area contributed by atoms with Gasteiger partial charge in [-0.2, -0.15) is 0 Å². The van der Waals surface area contributed by atoms with E-state index in [1.807, 2.05) is 48.5 Å². The van der Waals surface area contributed by atoms with E-state index < -0.39 is 6.10 Å². The zero-order chi connectivity index (χ0) is 19.2. The maximum atomic E-state index is 11.9. The van der Waals surface area contributed by atoms with Crippen LogP contribution in [0.1, 0.15) is 31.2 Å². The van der Waals surface area contributed by atoms with Gasteiger partial charge in [0.15, 0.2) is 0 Å². The Balaban J connectivity index is 1.75. The lowest BCUT2D eigenvalue weighted by molar-refractivity contribution is -0.121. The molecule has 0 unspecified atom stereocenters. The second-order valence-electron chi connectivity index (χ2n) is 6.68. The summed E-state index contributed by atoms with van der Waals surface area (Å²) in [6.07, 6.45) is 0.958. The van der Waals surface area contributed by atoms with Gasteiger partial charge in [0.1, 0.15) is 5.82 Å². The summed E-state index contributed by atoms with van der Waals surface area (Å²) in [5.74, 6) is 0.858. The Morgan fingerprint density at radius 3 is 2.74 bits per heavy atom. The number of hydrogen-bond acceptors (Lipinski definition) is 3. The Kier molecular flexibility index (Phi) is 6.48. The van der Waals surface area contributed by atoms with Crippen molar-refractivity contribution in [1.29, 1.82) is 0 Å². The highest BCUT2D eigenvalue weighted by molar-refractivity contribution is 6.31. The van der Waals surface area contributed by atoms with Crippen LogP contribution in [-0.4, -0.2) is 33.2 Å². The zero-order valence-electron chi connectivity index (χ0n) is 15.4. The summed E-state index contributed by atoms with van der Waals surface area (Å²) in [6, 6.07) is 15.8. The largest absolute Gasteiger partial charge is 0.393 e. The van der Waals surface area contributed by atoms with Crippen molar-refractivity contribution >= 4 is 28.5 Å². The van der Waals surface area contributed by atoms with E-state index in [1.165, 1.54) is 0 Å². The van der Waals surface area contributed by atoms with E-state index in [1.54, 1.807) is 6.92 Å². The van der Waals surface area contributed by atoms with Gasteiger partial charge in [-0.1, -0.05) is 41.9 Å². The molecule has 6 heteroatoms. The topological polar surface area (TPSA) is 67.2 Å². The van der Waals surface area contributed by atoms with E-state index in [4.69, 9.17) is 16.6 Å². The molecule has 1 aromatic heterocycles. The lowest BCUT2D eigenvalue weighted by atomic mass is 10.2. The normalized spacial score (nSPS) is 12.3. The molecular weight excluding hydrogens is 362 g/mol. The van der Waals surface area contributed by atoms with Crippen molar-refractivity contribution in [3.05, 3.63) is 64.9 Å². The van der Waals surface area contributed by atoms with Gasteiger partial charge in [0, 0.05) is 24.4 Å². The van der Waals surface area contributed by atoms with Gasteiger partial charge in [-0.3, -0.25) is 4.79 Å². The summed E-state index contributed by atoms with van der Waals surface area (Å²) in [5, 5.41) is 12.9. The number of hydrogen-bond donors (Lipinski definition) is 2. The fourth-order valence-electron chi connectivity index (χ4n) is 3.03. The van der Waals surface area contributed by atoms with Crippen LogP contribution in [-0.2, 0) is 17.8 Å². The van der Waals surface area contributed by atoms with Gasteiger partial charge >= 0.3 is 0 Å². The number of carbonyl (C=O) groups is 1. The van der Waals surface area contributed by atoms with Crippen LogP contribution in [0.4, 0.5) is 0 Å². The first-order valence-corrected chi connectivity index (χ1v) is 9.54. The summed E-state index contributed by atoms with van der Waals surface area (Å²) in [7, 11) is 0.